The van der Waals surface area contributed by atoms with E-state index in [9.17, 15) is 19.2 Å². The SMILES string of the molecule is C/C(=C\C(C(C)C)N(C)C(=O)C(NC(=O)C1CCCCN1C(C)C)C(C)C)C(=O)N1CCC[C@H]1C(=O)OC1CCCC1. The van der Waals surface area contributed by atoms with Crippen LogP contribution in [0.5, 0.6) is 0 Å². The van der Waals surface area contributed by atoms with Crippen LogP contribution < -0.4 is 5.32 Å². The van der Waals surface area contributed by atoms with Crippen LogP contribution >= 0.6 is 0 Å². The number of ether oxygens (including phenoxy) is 1. The van der Waals surface area contributed by atoms with Crippen LogP contribution in [-0.2, 0) is 23.9 Å². The molecule has 0 radical (unpaired) electrons. The summed E-state index contributed by atoms with van der Waals surface area (Å²) in [5, 5.41) is 3.10. The van der Waals surface area contributed by atoms with Crippen LogP contribution in [0, 0.1) is 11.8 Å². The molecule has 0 bridgehead atoms. The van der Waals surface area contributed by atoms with Gasteiger partial charge >= 0.3 is 5.97 Å². The third-order valence-electron chi connectivity index (χ3n) is 9.35. The number of carbonyl (C=O) groups excluding carboxylic acids is 4. The molecule has 3 amide bonds. The smallest absolute Gasteiger partial charge is 0.329 e. The summed E-state index contributed by atoms with van der Waals surface area (Å²) in [6.07, 6.45) is 10.0. The first-order chi connectivity index (χ1) is 19.8. The summed E-state index contributed by atoms with van der Waals surface area (Å²) in [7, 11) is 1.75. The second-order valence-electron chi connectivity index (χ2n) is 13.6. The number of likely N-dealkylation sites (N-methyl/N-ethyl adjacent to an activating group) is 1. The Balaban J connectivity index is 1.72. The lowest BCUT2D eigenvalue weighted by Crippen LogP contribution is -2.58. The van der Waals surface area contributed by atoms with E-state index in [0.717, 1.165) is 57.9 Å². The molecule has 0 aromatic heterocycles. The van der Waals surface area contributed by atoms with Crippen molar-refractivity contribution in [1.82, 2.24) is 20.0 Å². The number of nitrogens with one attached hydrogen (secondary N) is 1. The van der Waals surface area contributed by atoms with Gasteiger partial charge in [-0.2, -0.15) is 0 Å². The molecular formula is C33H56N4O5. The van der Waals surface area contributed by atoms with E-state index in [1.165, 1.54) is 0 Å². The highest BCUT2D eigenvalue weighted by atomic mass is 16.5. The zero-order valence-corrected chi connectivity index (χ0v) is 27.4. The normalized spacial score (nSPS) is 23.9. The Morgan fingerprint density at radius 2 is 1.45 bits per heavy atom. The summed E-state index contributed by atoms with van der Waals surface area (Å²) in [5.41, 5.74) is 0.508. The average molecular weight is 589 g/mol. The molecule has 0 aromatic carbocycles. The molecule has 0 aromatic rings. The number of hydrogen-bond acceptors (Lipinski definition) is 6. The van der Waals surface area contributed by atoms with Crippen molar-refractivity contribution in [2.45, 2.75) is 143 Å². The van der Waals surface area contributed by atoms with E-state index in [1.54, 1.807) is 23.8 Å². The van der Waals surface area contributed by atoms with Crippen LogP contribution in [0.1, 0.15) is 106 Å². The van der Waals surface area contributed by atoms with Crippen molar-refractivity contribution in [3.8, 4) is 0 Å². The van der Waals surface area contributed by atoms with E-state index < -0.39 is 12.1 Å². The summed E-state index contributed by atoms with van der Waals surface area (Å²) in [4.78, 5) is 59.4. The molecule has 9 nitrogen and oxygen atoms in total. The molecule has 1 saturated carbocycles. The molecule has 1 aliphatic carbocycles. The number of likely N-dealkylation sites (tertiary alicyclic amines) is 2. The van der Waals surface area contributed by atoms with Crippen LogP contribution in [0.4, 0.5) is 0 Å². The van der Waals surface area contributed by atoms with Gasteiger partial charge in [0.25, 0.3) is 0 Å². The Kier molecular flexibility index (Phi) is 12.5. The van der Waals surface area contributed by atoms with E-state index in [1.807, 2.05) is 33.8 Å². The van der Waals surface area contributed by atoms with Crippen molar-refractivity contribution in [2.24, 2.45) is 11.8 Å². The number of nitrogens with zero attached hydrogens (tertiary/aromatic N) is 3. The molecule has 238 valence electrons. The van der Waals surface area contributed by atoms with Crippen molar-refractivity contribution in [2.75, 3.05) is 20.1 Å². The van der Waals surface area contributed by atoms with Gasteiger partial charge in [0.05, 0.1) is 12.1 Å². The topological polar surface area (TPSA) is 99.3 Å². The maximum atomic E-state index is 13.9. The predicted molar refractivity (Wildman–Crippen MR) is 164 cm³/mol. The fraction of sp³-hybridized carbons (Fsp3) is 0.818. The average Bonchev–Trinajstić information content (AvgIpc) is 3.65. The number of amides is 3. The van der Waals surface area contributed by atoms with Crippen LogP contribution in [-0.4, -0.2) is 94.8 Å². The van der Waals surface area contributed by atoms with Crippen LogP contribution in [0.2, 0.25) is 0 Å². The van der Waals surface area contributed by atoms with Crippen molar-refractivity contribution in [3.05, 3.63) is 11.6 Å². The van der Waals surface area contributed by atoms with E-state index in [0.29, 0.717) is 18.5 Å². The van der Waals surface area contributed by atoms with Crippen molar-refractivity contribution >= 4 is 23.7 Å². The van der Waals surface area contributed by atoms with E-state index in [4.69, 9.17) is 4.74 Å². The highest BCUT2D eigenvalue weighted by molar-refractivity contribution is 5.96. The molecule has 1 N–H and O–H groups in total. The summed E-state index contributed by atoms with van der Waals surface area (Å²) >= 11 is 0. The molecule has 42 heavy (non-hydrogen) atoms. The first kappa shape index (κ1) is 34.1. The third kappa shape index (κ3) is 8.35. The Bertz CT molecular complexity index is 987. The molecule has 2 aliphatic heterocycles. The van der Waals surface area contributed by atoms with Gasteiger partial charge in [-0.05, 0) is 90.5 Å². The molecule has 3 aliphatic rings. The Hall–Kier alpha value is -2.42. The number of esters is 1. The molecule has 3 fully saturated rings. The van der Waals surface area contributed by atoms with Gasteiger partial charge in [-0.25, -0.2) is 4.79 Å². The fourth-order valence-electron chi connectivity index (χ4n) is 6.79. The van der Waals surface area contributed by atoms with Crippen molar-refractivity contribution in [1.29, 1.82) is 0 Å². The minimum Gasteiger partial charge on any atom is -0.461 e. The largest absolute Gasteiger partial charge is 0.461 e. The summed E-state index contributed by atoms with van der Waals surface area (Å²) in [6.45, 7) is 15.3. The molecule has 3 rings (SSSR count). The van der Waals surface area contributed by atoms with Crippen LogP contribution in [0.15, 0.2) is 11.6 Å². The second-order valence-corrected chi connectivity index (χ2v) is 13.6. The third-order valence-corrected chi connectivity index (χ3v) is 9.35. The maximum Gasteiger partial charge on any atom is 0.329 e. The Morgan fingerprint density at radius 1 is 0.833 bits per heavy atom. The number of piperidine rings is 1. The zero-order valence-electron chi connectivity index (χ0n) is 27.4. The molecule has 2 heterocycles. The zero-order chi connectivity index (χ0) is 31.1. The molecule has 3 unspecified atom stereocenters. The van der Waals surface area contributed by atoms with Gasteiger partial charge in [-0.1, -0.05) is 40.2 Å². The van der Waals surface area contributed by atoms with Gasteiger partial charge in [0.2, 0.25) is 17.7 Å². The fourth-order valence-corrected chi connectivity index (χ4v) is 6.79. The maximum absolute atomic E-state index is 13.9. The molecule has 9 heteroatoms. The first-order valence-corrected chi connectivity index (χ1v) is 16.4. The highest BCUT2D eigenvalue weighted by Gasteiger charge is 2.39. The van der Waals surface area contributed by atoms with Crippen molar-refractivity contribution in [3.63, 3.8) is 0 Å². The van der Waals surface area contributed by atoms with E-state index >= 15 is 0 Å². The quantitative estimate of drug-likeness (QED) is 0.286. The molecule has 0 spiro atoms. The minimum absolute atomic E-state index is 0.0293. The van der Waals surface area contributed by atoms with E-state index in [-0.39, 0.29) is 59.8 Å². The summed E-state index contributed by atoms with van der Waals surface area (Å²) in [5.74, 6) is -0.807. The second kappa shape index (κ2) is 15.3. The molecule has 2 saturated heterocycles. The van der Waals surface area contributed by atoms with E-state index in [2.05, 4.69) is 24.1 Å². The van der Waals surface area contributed by atoms with Gasteiger partial charge in [0.15, 0.2) is 0 Å². The first-order valence-electron chi connectivity index (χ1n) is 16.4. The highest BCUT2D eigenvalue weighted by Crippen LogP contribution is 2.27. The summed E-state index contributed by atoms with van der Waals surface area (Å²) < 4.78 is 5.75. The van der Waals surface area contributed by atoms with Gasteiger partial charge in [-0.3, -0.25) is 19.3 Å². The summed E-state index contributed by atoms with van der Waals surface area (Å²) in [6, 6.07) is -1.55. The van der Waals surface area contributed by atoms with Crippen molar-refractivity contribution < 1.29 is 23.9 Å². The lowest BCUT2D eigenvalue weighted by molar-refractivity contribution is -0.157. The van der Waals surface area contributed by atoms with Gasteiger partial charge in [0.1, 0.15) is 18.2 Å². The minimum atomic E-state index is -0.669. The number of hydrogen-bond donors (Lipinski definition) is 1. The monoisotopic (exact) mass is 588 g/mol. The van der Waals surface area contributed by atoms with Gasteiger partial charge in [0, 0.05) is 25.2 Å². The van der Waals surface area contributed by atoms with Crippen LogP contribution in [0.25, 0.3) is 0 Å². The number of rotatable bonds is 11. The Morgan fingerprint density at radius 3 is 2.05 bits per heavy atom. The van der Waals surface area contributed by atoms with Crippen LogP contribution in [0.3, 0.4) is 0 Å². The van der Waals surface area contributed by atoms with Gasteiger partial charge in [-0.15, -0.1) is 0 Å². The lowest BCUT2D eigenvalue weighted by atomic mass is 9.95. The Labute approximate surface area is 253 Å². The number of carbonyl (C=O) groups is 4. The van der Waals surface area contributed by atoms with Gasteiger partial charge < -0.3 is 19.9 Å². The predicted octanol–water partition coefficient (Wildman–Crippen LogP) is 4.30. The molecule has 4 atom stereocenters. The lowest BCUT2D eigenvalue weighted by Gasteiger charge is -2.39. The molecular weight excluding hydrogens is 532 g/mol. The standard InChI is InChI=1S/C33H56N4O5/c1-21(2)28(20-24(7)31(39)37-19-13-17-27(37)33(41)42-25-14-9-10-15-25)35(8)32(40)29(22(3)4)34-30(38)26-16-11-12-18-36(26)23(5)6/h20-23,25-29H,9-19H2,1-8H3,(H,34,38)/b24-20+/t26?,27-,28?,29?/m0/s1.